The number of azo groups is 1. The van der Waals surface area contributed by atoms with Crippen molar-refractivity contribution in [3.8, 4) is 0 Å². The van der Waals surface area contributed by atoms with Crippen molar-refractivity contribution in [2.45, 2.75) is 92.0 Å². The molecule has 0 radical (unpaired) electrons. The lowest BCUT2D eigenvalue weighted by Crippen LogP contribution is -2.47. The number of nitrogens with one attached hydrogen (secondary N) is 1. The van der Waals surface area contributed by atoms with Gasteiger partial charge in [0.25, 0.3) is 5.91 Å². The number of carbonyl (C=O) groups is 2. The summed E-state index contributed by atoms with van der Waals surface area (Å²) in [5.74, 6) is 1.17. The standard InChI is InChI=1S/C40H58N4O5S2/c1-28(37(2,3)4)48-22-23-50-51-39(7,8)27-49-40(9,10)36(47)42-21-20-34(46)44-25-29-16-12-13-17-30(29)32(24-38(5,6)26-45)35(43-41-11)31-18-14-15-19-33(31)44/h12-19,45H,1,20-27H2,2-11H3,(H,42,47)/b35-32+,43-41?. The minimum Gasteiger partial charge on any atom is -0.497 e. The Balaban J connectivity index is 1.68. The van der Waals surface area contributed by atoms with E-state index in [0.717, 1.165) is 39.5 Å². The van der Waals surface area contributed by atoms with Crippen LogP contribution in [-0.2, 0) is 25.6 Å². The van der Waals surface area contributed by atoms with Crippen LogP contribution in [0.3, 0.4) is 0 Å². The number of ether oxygens (including phenoxy) is 2. The van der Waals surface area contributed by atoms with Gasteiger partial charge >= 0.3 is 0 Å². The Kier molecular flexibility index (Phi) is 15.0. The minimum absolute atomic E-state index is 0.00966. The van der Waals surface area contributed by atoms with E-state index in [0.29, 0.717) is 31.9 Å². The first-order chi connectivity index (χ1) is 23.8. The van der Waals surface area contributed by atoms with Crippen LogP contribution in [0.4, 0.5) is 5.69 Å². The summed E-state index contributed by atoms with van der Waals surface area (Å²) in [6.07, 6.45) is 0.664. The van der Waals surface area contributed by atoms with Gasteiger partial charge in [0.05, 0.1) is 36.9 Å². The first kappa shape index (κ1) is 42.3. The largest absolute Gasteiger partial charge is 0.497 e. The fourth-order valence-corrected chi connectivity index (χ4v) is 7.47. The lowest BCUT2D eigenvalue weighted by Gasteiger charge is -2.32. The molecule has 3 rings (SSSR count). The van der Waals surface area contributed by atoms with Crippen LogP contribution in [-0.4, -0.2) is 66.4 Å². The molecule has 2 N–H and O–H groups in total. The summed E-state index contributed by atoms with van der Waals surface area (Å²) in [6.45, 7) is 23.4. The zero-order valence-electron chi connectivity index (χ0n) is 32.2. The third kappa shape index (κ3) is 12.2. The fourth-order valence-electron chi connectivity index (χ4n) is 5.25. The molecular formula is C40H58N4O5S2. The van der Waals surface area contributed by atoms with Crippen LogP contribution < -0.4 is 10.2 Å². The summed E-state index contributed by atoms with van der Waals surface area (Å²) in [6, 6.07) is 15.7. The van der Waals surface area contributed by atoms with E-state index in [1.54, 1.807) is 47.4 Å². The van der Waals surface area contributed by atoms with Crippen LogP contribution in [0.5, 0.6) is 0 Å². The SMILES string of the molecule is C=C(OCCSSC(C)(C)COC(C)(C)C(=O)NCCC(=O)N1Cc2ccccc2/C(CC(C)(C)CO)=C(/N=NC)c2ccccc21)C(C)(C)C. The second-order valence-corrected chi connectivity index (χ2v) is 18.9. The highest BCUT2D eigenvalue weighted by atomic mass is 33.1. The molecule has 0 spiro atoms. The molecule has 1 heterocycles. The number of anilines is 1. The maximum atomic E-state index is 14.0. The lowest BCUT2D eigenvalue weighted by atomic mass is 9.80. The van der Waals surface area contributed by atoms with Crippen molar-refractivity contribution in [1.29, 1.82) is 0 Å². The van der Waals surface area contributed by atoms with E-state index in [9.17, 15) is 14.7 Å². The average molecular weight is 739 g/mol. The van der Waals surface area contributed by atoms with E-state index in [1.165, 1.54) is 0 Å². The van der Waals surface area contributed by atoms with Crippen LogP contribution in [0.15, 0.2) is 71.1 Å². The molecule has 0 aromatic heterocycles. The Labute approximate surface area is 313 Å². The highest BCUT2D eigenvalue weighted by molar-refractivity contribution is 8.77. The Morgan fingerprint density at radius 3 is 2.27 bits per heavy atom. The third-order valence-corrected chi connectivity index (χ3v) is 11.7. The highest BCUT2D eigenvalue weighted by Gasteiger charge is 2.33. The maximum absolute atomic E-state index is 14.0. The van der Waals surface area contributed by atoms with Crippen molar-refractivity contribution in [3.05, 3.63) is 77.6 Å². The predicted octanol–water partition coefficient (Wildman–Crippen LogP) is 8.93. The van der Waals surface area contributed by atoms with Gasteiger partial charge in [0.1, 0.15) is 5.60 Å². The van der Waals surface area contributed by atoms with Crippen molar-refractivity contribution in [2.75, 3.05) is 44.1 Å². The van der Waals surface area contributed by atoms with Gasteiger partial charge < -0.3 is 24.8 Å². The topological polar surface area (TPSA) is 113 Å². The molecule has 0 saturated carbocycles. The number of aliphatic hydroxyl groups excluding tert-OH is 1. The molecule has 9 nitrogen and oxygen atoms in total. The van der Waals surface area contributed by atoms with Crippen LogP contribution in [0, 0.1) is 10.8 Å². The molecule has 0 saturated heterocycles. The number of benzene rings is 2. The van der Waals surface area contributed by atoms with Gasteiger partial charge in [0.2, 0.25) is 5.91 Å². The monoisotopic (exact) mass is 738 g/mol. The van der Waals surface area contributed by atoms with Crippen molar-refractivity contribution in [1.82, 2.24) is 5.32 Å². The first-order valence-corrected chi connectivity index (χ1v) is 19.8. The number of rotatable bonds is 17. The van der Waals surface area contributed by atoms with E-state index in [1.807, 2.05) is 62.4 Å². The van der Waals surface area contributed by atoms with Crippen LogP contribution >= 0.6 is 21.6 Å². The maximum Gasteiger partial charge on any atom is 0.251 e. The molecule has 2 aromatic carbocycles. The van der Waals surface area contributed by atoms with Gasteiger partial charge in [0, 0.05) is 48.1 Å². The van der Waals surface area contributed by atoms with Crippen molar-refractivity contribution in [3.63, 3.8) is 0 Å². The number of carbonyl (C=O) groups excluding carboxylic acids is 2. The normalized spacial score (nSPS) is 15.5. The van der Waals surface area contributed by atoms with Gasteiger partial charge in [-0.15, -0.1) is 0 Å². The Bertz CT molecular complexity index is 1590. The number of hydrogen-bond acceptors (Lipinski definition) is 9. The summed E-state index contributed by atoms with van der Waals surface area (Å²) in [5.41, 5.74) is 3.52. The van der Waals surface area contributed by atoms with E-state index in [4.69, 9.17) is 9.47 Å². The van der Waals surface area contributed by atoms with Gasteiger partial charge in [-0.05, 0) is 62.3 Å². The molecule has 11 heteroatoms. The molecule has 0 aliphatic carbocycles. The molecule has 2 amide bonds. The van der Waals surface area contributed by atoms with Crippen molar-refractivity contribution >= 4 is 50.4 Å². The minimum atomic E-state index is -1.09. The molecule has 1 aliphatic heterocycles. The highest BCUT2D eigenvalue weighted by Crippen LogP contribution is 2.43. The van der Waals surface area contributed by atoms with E-state index in [-0.39, 0.29) is 41.5 Å². The molecule has 0 fully saturated rings. The molecule has 0 bridgehead atoms. The summed E-state index contributed by atoms with van der Waals surface area (Å²) in [7, 11) is 5.04. The number of hydrogen-bond donors (Lipinski definition) is 2. The van der Waals surface area contributed by atoms with E-state index in [2.05, 4.69) is 56.7 Å². The Morgan fingerprint density at radius 1 is 0.980 bits per heavy atom. The third-order valence-electron chi connectivity index (χ3n) is 8.51. The molecule has 0 atom stereocenters. The summed E-state index contributed by atoms with van der Waals surface area (Å²) in [5, 5.41) is 21.9. The van der Waals surface area contributed by atoms with Gasteiger partial charge in [-0.1, -0.05) is 105 Å². The molecule has 1 aliphatic rings. The number of fused-ring (bicyclic) bond motifs is 2. The molecular weight excluding hydrogens is 681 g/mol. The second-order valence-electron chi connectivity index (χ2n) is 15.8. The summed E-state index contributed by atoms with van der Waals surface area (Å²) >= 11 is 0. The van der Waals surface area contributed by atoms with Crippen LogP contribution in [0.25, 0.3) is 11.3 Å². The number of para-hydroxylation sites is 1. The smallest absolute Gasteiger partial charge is 0.251 e. The predicted molar refractivity (Wildman–Crippen MR) is 213 cm³/mol. The van der Waals surface area contributed by atoms with Crippen LogP contribution in [0.1, 0.15) is 91.8 Å². The fraction of sp³-hybridized carbons (Fsp3) is 0.550. The number of amides is 2. The van der Waals surface area contributed by atoms with Gasteiger partial charge in [-0.2, -0.15) is 10.2 Å². The van der Waals surface area contributed by atoms with Gasteiger partial charge in [-0.25, -0.2) is 0 Å². The average Bonchev–Trinajstić information content (AvgIpc) is 3.07. The number of aliphatic hydroxyl groups is 1. The zero-order chi connectivity index (χ0) is 38.0. The Morgan fingerprint density at radius 2 is 1.63 bits per heavy atom. The van der Waals surface area contributed by atoms with Crippen LogP contribution in [0.2, 0.25) is 0 Å². The molecule has 51 heavy (non-hydrogen) atoms. The lowest BCUT2D eigenvalue weighted by molar-refractivity contribution is -0.143. The van der Waals surface area contributed by atoms with Crippen molar-refractivity contribution < 1.29 is 24.2 Å². The quantitative estimate of drug-likeness (QED) is 0.0722. The zero-order valence-corrected chi connectivity index (χ0v) is 33.9. The summed E-state index contributed by atoms with van der Waals surface area (Å²) < 4.78 is 11.7. The molecule has 0 unspecified atom stereocenters. The van der Waals surface area contributed by atoms with E-state index < -0.39 is 11.0 Å². The molecule has 2 aromatic rings. The van der Waals surface area contributed by atoms with E-state index >= 15 is 0 Å². The van der Waals surface area contributed by atoms with Gasteiger partial charge in [-0.3, -0.25) is 9.59 Å². The first-order valence-electron chi connectivity index (χ1n) is 17.5. The van der Waals surface area contributed by atoms with Gasteiger partial charge in [0.15, 0.2) is 0 Å². The van der Waals surface area contributed by atoms with Crippen molar-refractivity contribution in [2.24, 2.45) is 21.1 Å². The Hall–Kier alpha value is -3.12. The molecule has 280 valence electrons. The number of allylic oxidation sites excluding steroid dienone is 2. The number of nitrogens with zero attached hydrogens (tertiary/aromatic N) is 3. The second kappa shape index (κ2) is 18.1. The summed E-state index contributed by atoms with van der Waals surface area (Å²) in [4.78, 5) is 29.1.